The van der Waals surface area contributed by atoms with Gasteiger partial charge >= 0.3 is 5.97 Å². The van der Waals surface area contributed by atoms with Gasteiger partial charge in [0.2, 0.25) is 23.6 Å². The number of unbranched alkanes of at least 4 members (excludes halogenated alkanes) is 1. The lowest BCUT2D eigenvalue weighted by Gasteiger charge is -2.26. The minimum Gasteiger partial charge on any atom is -0.480 e. The molecule has 0 spiro atoms. The molecule has 0 aliphatic carbocycles. The van der Waals surface area contributed by atoms with Gasteiger partial charge in [0.25, 0.3) is 0 Å². The zero-order valence-electron chi connectivity index (χ0n) is 22.2. The van der Waals surface area contributed by atoms with Crippen LogP contribution < -0.4 is 33.2 Å². The SMILES string of the molecule is CCC(C)C(N)C(=O)NC(Cc1ccccc1)C(=O)NC(CCC(N)=O)C(=O)NC(CCCCN)C(=O)O. The number of primary amides is 1. The number of rotatable bonds is 18. The second-order valence-electron chi connectivity index (χ2n) is 9.41. The van der Waals surface area contributed by atoms with Crippen LogP contribution in [0.25, 0.3) is 0 Å². The number of amides is 4. The lowest BCUT2D eigenvalue weighted by molar-refractivity contribution is -0.142. The summed E-state index contributed by atoms with van der Waals surface area (Å²) in [6.07, 6.45) is 1.62. The third-order valence-corrected chi connectivity index (χ3v) is 6.35. The van der Waals surface area contributed by atoms with Gasteiger partial charge in [0.05, 0.1) is 6.04 Å². The highest BCUT2D eigenvalue weighted by Crippen LogP contribution is 2.09. The third kappa shape index (κ3) is 11.7. The zero-order valence-corrected chi connectivity index (χ0v) is 22.2. The zero-order chi connectivity index (χ0) is 28.7. The van der Waals surface area contributed by atoms with E-state index in [0.717, 1.165) is 5.56 Å². The largest absolute Gasteiger partial charge is 0.480 e. The number of benzene rings is 1. The summed E-state index contributed by atoms with van der Waals surface area (Å²) < 4.78 is 0. The van der Waals surface area contributed by atoms with Crippen molar-refractivity contribution in [3.05, 3.63) is 35.9 Å². The molecule has 4 amide bonds. The lowest BCUT2D eigenvalue weighted by atomic mass is 9.98. The Balaban J connectivity index is 3.12. The number of carboxylic acid groups (broad SMARTS) is 1. The predicted molar refractivity (Wildman–Crippen MR) is 142 cm³/mol. The van der Waals surface area contributed by atoms with Crippen molar-refractivity contribution in [3.8, 4) is 0 Å². The molecule has 38 heavy (non-hydrogen) atoms. The Morgan fingerprint density at radius 3 is 2.00 bits per heavy atom. The Morgan fingerprint density at radius 2 is 1.45 bits per heavy atom. The van der Waals surface area contributed by atoms with E-state index in [1.54, 1.807) is 24.3 Å². The van der Waals surface area contributed by atoms with Gasteiger partial charge in [0, 0.05) is 12.8 Å². The Bertz CT molecular complexity index is 928. The Hall–Kier alpha value is -3.51. The number of nitrogens with two attached hydrogens (primary N) is 3. The van der Waals surface area contributed by atoms with Crippen LogP contribution in [0.4, 0.5) is 0 Å². The van der Waals surface area contributed by atoms with E-state index in [-0.39, 0.29) is 31.6 Å². The molecule has 12 nitrogen and oxygen atoms in total. The van der Waals surface area contributed by atoms with Crippen molar-refractivity contribution in [1.82, 2.24) is 16.0 Å². The minimum absolute atomic E-state index is 0.118. The summed E-state index contributed by atoms with van der Waals surface area (Å²) in [6, 6.07) is 4.59. The molecule has 0 saturated heterocycles. The van der Waals surface area contributed by atoms with Crippen LogP contribution in [0.15, 0.2) is 30.3 Å². The van der Waals surface area contributed by atoms with E-state index >= 15 is 0 Å². The number of hydrogen-bond acceptors (Lipinski definition) is 7. The number of carbonyl (C=O) groups is 5. The summed E-state index contributed by atoms with van der Waals surface area (Å²) in [5, 5.41) is 17.2. The highest BCUT2D eigenvalue weighted by atomic mass is 16.4. The summed E-state index contributed by atoms with van der Waals surface area (Å²) in [5.41, 5.74) is 17.5. The van der Waals surface area contributed by atoms with Gasteiger partial charge in [-0.05, 0) is 43.7 Å². The average molecular weight is 535 g/mol. The van der Waals surface area contributed by atoms with Gasteiger partial charge in [-0.15, -0.1) is 0 Å². The average Bonchev–Trinajstić information content (AvgIpc) is 2.89. The van der Waals surface area contributed by atoms with E-state index in [9.17, 15) is 29.1 Å². The number of nitrogens with one attached hydrogen (secondary N) is 3. The maximum atomic E-state index is 13.3. The van der Waals surface area contributed by atoms with Gasteiger partial charge in [0.15, 0.2) is 0 Å². The maximum absolute atomic E-state index is 13.3. The van der Waals surface area contributed by atoms with E-state index in [1.165, 1.54) is 0 Å². The predicted octanol–water partition coefficient (Wildman–Crippen LogP) is -0.464. The van der Waals surface area contributed by atoms with Crippen LogP contribution in [0.1, 0.15) is 57.9 Å². The Kier molecular flexibility index (Phi) is 14.6. The number of hydrogen-bond donors (Lipinski definition) is 7. The normalized spacial score (nSPS) is 14.8. The fourth-order valence-electron chi connectivity index (χ4n) is 3.69. The van der Waals surface area contributed by atoms with Crippen LogP contribution in [0.2, 0.25) is 0 Å². The van der Waals surface area contributed by atoms with Gasteiger partial charge in [-0.25, -0.2) is 4.79 Å². The van der Waals surface area contributed by atoms with Crippen LogP contribution in [0.5, 0.6) is 0 Å². The summed E-state index contributed by atoms with van der Waals surface area (Å²) in [6.45, 7) is 4.11. The van der Waals surface area contributed by atoms with Gasteiger partial charge < -0.3 is 38.3 Å². The topological polar surface area (TPSA) is 220 Å². The van der Waals surface area contributed by atoms with E-state index < -0.39 is 53.8 Å². The van der Waals surface area contributed by atoms with Crippen LogP contribution in [0.3, 0.4) is 0 Å². The number of aliphatic carboxylic acids is 1. The van der Waals surface area contributed by atoms with Gasteiger partial charge in [-0.1, -0.05) is 50.6 Å². The molecule has 5 atom stereocenters. The fourth-order valence-corrected chi connectivity index (χ4v) is 3.69. The van der Waals surface area contributed by atoms with Crippen molar-refractivity contribution < 1.29 is 29.1 Å². The minimum atomic E-state index is -1.26. The van der Waals surface area contributed by atoms with Gasteiger partial charge in [-0.2, -0.15) is 0 Å². The molecule has 0 radical (unpaired) electrons. The number of carboxylic acids is 1. The van der Waals surface area contributed by atoms with E-state index in [4.69, 9.17) is 17.2 Å². The van der Waals surface area contributed by atoms with Crippen molar-refractivity contribution in [1.29, 1.82) is 0 Å². The van der Waals surface area contributed by atoms with E-state index in [0.29, 0.717) is 25.8 Å². The molecule has 0 fully saturated rings. The molecule has 1 aromatic carbocycles. The Labute approximate surface area is 223 Å². The van der Waals surface area contributed by atoms with Crippen LogP contribution in [-0.2, 0) is 30.4 Å². The summed E-state index contributed by atoms with van der Waals surface area (Å²) >= 11 is 0. The summed E-state index contributed by atoms with van der Waals surface area (Å²) in [5.74, 6) is -4.03. The molecule has 212 valence electrons. The van der Waals surface area contributed by atoms with Crippen molar-refractivity contribution in [3.63, 3.8) is 0 Å². The molecule has 0 aliphatic heterocycles. The third-order valence-electron chi connectivity index (χ3n) is 6.35. The summed E-state index contributed by atoms with van der Waals surface area (Å²) in [7, 11) is 0. The van der Waals surface area contributed by atoms with Crippen LogP contribution >= 0.6 is 0 Å². The van der Waals surface area contributed by atoms with Gasteiger partial charge in [-0.3, -0.25) is 19.2 Å². The quantitative estimate of drug-likeness (QED) is 0.122. The van der Waals surface area contributed by atoms with E-state index in [2.05, 4.69) is 16.0 Å². The van der Waals surface area contributed by atoms with Crippen molar-refractivity contribution in [2.75, 3.05) is 6.54 Å². The van der Waals surface area contributed by atoms with Crippen LogP contribution in [-0.4, -0.2) is 65.4 Å². The Morgan fingerprint density at radius 1 is 0.868 bits per heavy atom. The van der Waals surface area contributed by atoms with Crippen molar-refractivity contribution >= 4 is 29.6 Å². The standard InChI is InChI=1S/C26H42N6O6/c1-3-16(2)22(29)25(36)32-20(15-17-9-5-4-6-10-17)24(35)30-18(12-13-21(28)33)23(34)31-19(26(37)38)11-7-8-14-27/h4-6,9-10,16,18-20,22H,3,7-8,11-15,27,29H2,1-2H3,(H2,28,33)(H,30,35)(H,31,34)(H,32,36)(H,37,38). The molecular formula is C26H42N6O6. The molecule has 12 heteroatoms. The van der Waals surface area contributed by atoms with Crippen molar-refractivity contribution in [2.45, 2.75) is 83.0 Å². The van der Waals surface area contributed by atoms with E-state index in [1.807, 2.05) is 19.9 Å². The molecule has 1 rings (SSSR count). The molecule has 0 aliphatic rings. The second-order valence-corrected chi connectivity index (χ2v) is 9.41. The first kappa shape index (κ1) is 32.5. The smallest absolute Gasteiger partial charge is 0.326 e. The first-order valence-electron chi connectivity index (χ1n) is 12.9. The molecule has 0 bridgehead atoms. The lowest BCUT2D eigenvalue weighted by Crippen LogP contribution is -2.58. The maximum Gasteiger partial charge on any atom is 0.326 e. The fraction of sp³-hybridized carbons (Fsp3) is 0.577. The van der Waals surface area contributed by atoms with Crippen molar-refractivity contribution in [2.24, 2.45) is 23.1 Å². The van der Waals surface area contributed by atoms with Crippen LogP contribution in [0, 0.1) is 5.92 Å². The molecule has 1 aromatic rings. The molecule has 5 unspecified atom stereocenters. The number of carbonyl (C=O) groups excluding carboxylic acids is 4. The molecule has 0 saturated carbocycles. The first-order chi connectivity index (χ1) is 18.0. The molecule has 0 heterocycles. The highest BCUT2D eigenvalue weighted by Gasteiger charge is 2.31. The molecule has 0 aromatic heterocycles. The monoisotopic (exact) mass is 534 g/mol. The van der Waals surface area contributed by atoms with Gasteiger partial charge in [0.1, 0.15) is 18.1 Å². The second kappa shape index (κ2) is 17.1. The molecule has 10 N–H and O–H groups in total. The summed E-state index contributed by atoms with van der Waals surface area (Å²) in [4.78, 5) is 62.2. The molecular weight excluding hydrogens is 492 g/mol. The highest BCUT2D eigenvalue weighted by molar-refractivity contribution is 5.94. The first-order valence-corrected chi connectivity index (χ1v) is 12.9.